The summed E-state index contributed by atoms with van der Waals surface area (Å²) in [6, 6.07) is 8.58. The van der Waals surface area contributed by atoms with E-state index < -0.39 is 28.9 Å². The number of hydrogen-bond acceptors (Lipinski definition) is 5. The van der Waals surface area contributed by atoms with Crippen molar-refractivity contribution in [2.75, 3.05) is 6.54 Å². The van der Waals surface area contributed by atoms with Crippen LogP contribution in [-0.4, -0.2) is 39.3 Å². The minimum Gasteiger partial charge on any atom is -0.473 e. The van der Waals surface area contributed by atoms with Gasteiger partial charge in [0.2, 0.25) is 5.88 Å². The Morgan fingerprint density at radius 1 is 1.05 bits per heavy atom. The molecule has 3 rings (SSSR count). The normalized spacial score (nSPS) is 13.2. The van der Waals surface area contributed by atoms with Crippen molar-refractivity contribution >= 4 is 17.5 Å². The lowest BCUT2D eigenvalue weighted by Gasteiger charge is -2.32. The molecule has 3 aromatic rings. The van der Waals surface area contributed by atoms with Crippen LogP contribution in [0.5, 0.6) is 5.88 Å². The summed E-state index contributed by atoms with van der Waals surface area (Å²) >= 11 is 0. The minimum atomic E-state index is -0.734. The number of benzene rings is 1. The largest absolute Gasteiger partial charge is 0.473 e. The van der Waals surface area contributed by atoms with Crippen LogP contribution in [0.25, 0.3) is 5.52 Å². The van der Waals surface area contributed by atoms with Crippen LogP contribution in [0.15, 0.2) is 36.4 Å². The Balaban J connectivity index is 1.78. The minimum absolute atomic E-state index is 0.165. The quantitative estimate of drug-likeness (QED) is 0.402. The topological polar surface area (TPSA) is 94.0 Å². The van der Waals surface area contributed by atoms with Crippen molar-refractivity contribution in [1.29, 1.82) is 0 Å². The third kappa shape index (κ3) is 6.96. The van der Waals surface area contributed by atoms with E-state index in [0.717, 1.165) is 18.6 Å². The zero-order valence-electron chi connectivity index (χ0n) is 22.1. The molecule has 1 unspecified atom stereocenters. The van der Waals surface area contributed by atoms with Gasteiger partial charge in [-0.2, -0.15) is 9.61 Å². The molecule has 2 heterocycles. The van der Waals surface area contributed by atoms with E-state index in [2.05, 4.69) is 15.7 Å². The van der Waals surface area contributed by atoms with Crippen LogP contribution in [0.3, 0.4) is 0 Å². The molecular weight excluding hydrogens is 482 g/mol. The summed E-state index contributed by atoms with van der Waals surface area (Å²) in [5, 5.41) is 10.2. The van der Waals surface area contributed by atoms with Crippen molar-refractivity contribution in [3.8, 4) is 5.88 Å². The standard InChI is InChI=1S/C27H34F2N4O4/c1-7-14-27(6,31-25(35)37-26(3,4)5)16-30-24(34)23-17(2)32-33-21(23)12-9-13-22(33)36-15-18-19(28)10-8-11-20(18)29/h8-13H,7,14-16H2,1-6H3,(H,30,34)(H,31,35). The lowest BCUT2D eigenvalue weighted by Crippen LogP contribution is -2.54. The molecular formula is C27H34F2N4O4. The number of aryl methyl sites for hydroxylation is 1. The number of ether oxygens (including phenoxy) is 2. The Labute approximate surface area is 215 Å². The van der Waals surface area contributed by atoms with Gasteiger partial charge in [-0.05, 0) is 59.2 Å². The molecule has 0 radical (unpaired) electrons. The molecule has 0 aliphatic carbocycles. The van der Waals surface area contributed by atoms with E-state index in [1.165, 1.54) is 10.6 Å². The van der Waals surface area contributed by atoms with Crippen LogP contribution >= 0.6 is 0 Å². The molecule has 37 heavy (non-hydrogen) atoms. The second-order valence-electron chi connectivity index (χ2n) is 10.2. The first-order valence-corrected chi connectivity index (χ1v) is 12.2. The van der Waals surface area contributed by atoms with E-state index >= 15 is 0 Å². The van der Waals surface area contributed by atoms with Crippen LogP contribution in [0, 0.1) is 18.6 Å². The molecule has 2 N–H and O–H groups in total. The number of carbonyl (C=O) groups is 2. The number of halogens is 2. The summed E-state index contributed by atoms with van der Waals surface area (Å²) in [5.41, 5.74) is -0.330. The molecule has 0 spiro atoms. The Bertz CT molecular complexity index is 1270. The van der Waals surface area contributed by atoms with Crippen molar-refractivity contribution in [3.63, 3.8) is 0 Å². The first-order valence-electron chi connectivity index (χ1n) is 12.2. The van der Waals surface area contributed by atoms with Gasteiger partial charge in [-0.15, -0.1) is 0 Å². The summed E-state index contributed by atoms with van der Waals surface area (Å²) in [6.07, 6.45) is 0.837. The van der Waals surface area contributed by atoms with E-state index in [1.807, 2.05) is 13.8 Å². The van der Waals surface area contributed by atoms with Crippen LogP contribution in [0.2, 0.25) is 0 Å². The molecule has 1 atom stereocenters. The number of aromatic nitrogens is 2. The molecule has 200 valence electrons. The molecule has 0 saturated heterocycles. The van der Waals surface area contributed by atoms with Gasteiger partial charge in [0.15, 0.2) is 0 Å². The fourth-order valence-corrected chi connectivity index (χ4v) is 4.03. The highest BCUT2D eigenvalue weighted by Gasteiger charge is 2.30. The second-order valence-corrected chi connectivity index (χ2v) is 10.2. The lowest BCUT2D eigenvalue weighted by molar-refractivity contribution is 0.0453. The number of nitrogens with one attached hydrogen (secondary N) is 2. The van der Waals surface area contributed by atoms with Crippen molar-refractivity contribution in [2.45, 2.75) is 72.1 Å². The highest BCUT2D eigenvalue weighted by molar-refractivity contribution is 6.02. The predicted molar refractivity (Wildman–Crippen MR) is 136 cm³/mol. The fourth-order valence-electron chi connectivity index (χ4n) is 4.03. The molecule has 0 aliphatic heterocycles. The summed E-state index contributed by atoms with van der Waals surface area (Å²) in [4.78, 5) is 25.6. The Morgan fingerprint density at radius 2 is 1.70 bits per heavy atom. The number of hydrogen-bond donors (Lipinski definition) is 2. The van der Waals surface area contributed by atoms with Crippen LogP contribution in [-0.2, 0) is 11.3 Å². The van der Waals surface area contributed by atoms with E-state index in [1.54, 1.807) is 45.9 Å². The van der Waals surface area contributed by atoms with E-state index in [9.17, 15) is 18.4 Å². The van der Waals surface area contributed by atoms with Gasteiger partial charge in [-0.3, -0.25) is 4.79 Å². The average molecular weight is 517 g/mol. The number of alkyl carbamates (subject to hydrolysis) is 1. The lowest BCUT2D eigenvalue weighted by atomic mass is 9.96. The highest BCUT2D eigenvalue weighted by atomic mass is 19.1. The van der Waals surface area contributed by atoms with E-state index in [0.29, 0.717) is 23.2 Å². The van der Waals surface area contributed by atoms with Crippen LogP contribution < -0.4 is 15.4 Å². The first-order chi connectivity index (χ1) is 17.3. The highest BCUT2D eigenvalue weighted by Crippen LogP contribution is 2.23. The maximum atomic E-state index is 14.0. The predicted octanol–water partition coefficient (Wildman–Crippen LogP) is 5.31. The average Bonchev–Trinajstić information content (AvgIpc) is 3.12. The third-order valence-electron chi connectivity index (χ3n) is 5.69. The first kappa shape index (κ1) is 27.9. The molecule has 8 nitrogen and oxygen atoms in total. The Morgan fingerprint density at radius 3 is 2.32 bits per heavy atom. The smallest absolute Gasteiger partial charge is 0.408 e. The molecule has 1 aromatic carbocycles. The zero-order chi connectivity index (χ0) is 27.4. The molecule has 0 bridgehead atoms. The van der Waals surface area contributed by atoms with Crippen LogP contribution in [0.4, 0.5) is 13.6 Å². The van der Waals surface area contributed by atoms with Gasteiger partial charge in [0, 0.05) is 12.6 Å². The van der Waals surface area contributed by atoms with Gasteiger partial charge >= 0.3 is 6.09 Å². The Kier molecular flexibility index (Phi) is 8.40. The van der Waals surface area contributed by atoms with Crippen LogP contribution in [0.1, 0.15) is 69.1 Å². The van der Waals surface area contributed by atoms with Gasteiger partial charge in [-0.1, -0.05) is 25.5 Å². The fraction of sp³-hybridized carbons (Fsp3) is 0.444. The number of nitrogens with zero attached hydrogens (tertiary/aromatic N) is 2. The van der Waals surface area contributed by atoms with Crippen molar-refractivity contribution < 1.29 is 27.8 Å². The number of amides is 2. The monoisotopic (exact) mass is 516 g/mol. The van der Waals surface area contributed by atoms with Gasteiger partial charge < -0.3 is 20.1 Å². The third-order valence-corrected chi connectivity index (χ3v) is 5.69. The molecule has 0 fully saturated rings. The zero-order valence-corrected chi connectivity index (χ0v) is 22.1. The van der Waals surface area contributed by atoms with Gasteiger partial charge in [0.25, 0.3) is 5.91 Å². The SMILES string of the molecule is CCCC(C)(CNC(=O)c1c(C)nn2c(OCc3c(F)cccc3F)cccc12)NC(=O)OC(C)(C)C. The van der Waals surface area contributed by atoms with Crippen molar-refractivity contribution in [3.05, 3.63) is 64.9 Å². The maximum absolute atomic E-state index is 14.0. The van der Waals surface area contributed by atoms with Gasteiger partial charge in [0.05, 0.1) is 27.9 Å². The number of carbonyl (C=O) groups excluding carboxylic acids is 2. The summed E-state index contributed by atoms with van der Waals surface area (Å²) in [7, 11) is 0. The Hall–Kier alpha value is -3.69. The molecule has 10 heteroatoms. The van der Waals surface area contributed by atoms with E-state index in [-0.39, 0.29) is 30.5 Å². The summed E-state index contributed by atoms with van der Waals surface area (Å²) in [6.45, 7) is 10.7. The van der Waals surface area contributed by atoms with E-state index in [4.69, 9.17) is 9.47 Å². The van der Waals surface area contributed by atoms with Gasteiger partial charge in [0.1, 0.15) is 23.8 Å². The molecule has 0 aliphatic rings. The second kappa shape index (κ2) is 11.1. The molecule has 2 amide bonds. The number of pyridine rings is 1. The molecule has 2 aromatic heterocycles. The number of rotatable bonds is 9. The summed E-state index contributed by atoms with van der Waals surface area (Å²) in [5.74, 6) is -1.57. The van der Waals surface area contributed by atoms with Crippen molar-refractivity contribution in [1.82, 2.24) is 20.2 Å². The summed E-state index contributed by atoms with van der Waals surface area (Å²) < 4.78 is 40.5. The molecule has 0 saturated carbocycles. The van der Waals surface area contributed by atoms with Gasteiger partial charge in [-0.25, -0.2) is 13.6 Å². The maximum Gasteiger partial charge on any atom is 0.408 e. The van der Waals surface area contributed by atoms with Crippen molar-refractivity contribution in [2.24, 2.45) is 0 Å². The number of fused-ring (bicyclic) bond motifs is 1.